The maximum Gasteiger partial charge on any atom is 0.160 e. The molecule has 0 atom stereocenters. The molecule has 0 heterocycles. The molecule has 82 valence electrons. The van der Waals surface area contributed by atoms with Crippen LogP contribution in [0.1, 0.15) is 12.0 Å². The van der Waals surface area contributed by atoms with Crippen LogP contribution in [0.25, 0.3) is 6.08 Å². The number of hydrogen-bond donors (Lipinski definition) is 0. The smallest absolute Gasteiger partial charge is 0.160 e. The van der Waals surface area contributed by atoms with E-state index in [9.17, 15) is 4.39 Å². The number of methoxy groups -OCH3 is 2. The Morgan fingerprint density at radius 1 is 1.33 bits per heavy atom. The van der Waals surface area contributed by atoms with Gasteiger partial charge in [0.25, 0.3) is 0 Å². The average molecular weight is 210 g/mol. The molecule has 1 aromatic carbocycles. The van der Waals surface area contributed by atoms with Gasteiger partial charge in [-0.05, 0) is 17.7 Å². The predicted octanol–water partition coefficient (Wildman–Crippen LogP) is 2.85. The molecule has 0 N–H and O–H groups in total. The maximum absolute atomic E-state index is 12.8. The van der Waals surface area contributed by atoms with Gasteiger partial charge in [-0.3, -0.25) is 0 Å². The third kappa shape index (κ3) is 4.23. The van der Waals surface area contributed by atoms with E-state index in [1.807, 2.05) is 18.2 Å². The highest BCUT2D eigenvalue weighted by atomic mass is 19.1. The molecule has 2 nitrogen and oxygen atoms in total. The van der Waals surface area contributed by atoms with Crippen LogP contribution in [0.15, 0.2) is 30.3 Å². The summed E-state index contributed by atoms with van der Waals surface area (Å²) >= 11 is 0. The highest BCUT2D eigenvalue weighted by molar-refractivity contribution is 5.48. The van der Waals surface area contributed by atoms with E-state index in [0.29, 0.717) is 6.42 Å². The van der Waals surface area contributed by atoms with Gasteiger partial charge < -0.3 is 9.47 Å². The maximum atomic E-state index is 12.8. The van der Waals surface area contributed by atoms with Gasteiger partial charge in [-0.1, -0.05) is 24.3 Å². The van der Waals surface area contributed by atoms with Crippen LogP contribution in [0.3, 0.4) is 0 Å². The highest BCUT2D eigenvalue weighted by Crippen LogP contribution is 2.07. The van der Waals surface area contributed by atoms with Crippen molar-refractivity contribution in [2.45, 2.75) is 12.7 Å². The molecule has 0 fully saturated rings. The van der Waals surface area contributed by atoms with Crippen molar-refractivity contribution in [3.8, 4) is 0 Å². The van der Waals surface area contributed by atoms with Crippen molar-refractivity contribution in [3.63, 3.8) is 0 Å². The van der Waals surface area contributed by atoms with Crippen molar-refractivity contribution < 1.29 is 13.9 Å². The van der Waals surface area contributed by atoms with E-state index in [1.165, 1.54) is 12.1 Å². The van der Waals surface area contributed by atoms with Crippen LogP contribution in [0.5, 0.6) is 0 Å². The lowest BCUT2D eigenvalue weighted by Gasteiger charge is -2.09. The average Bonchev–Trinajstić information content (AvgIpc) is 2.25. The van der Waals surface area contributed by atoms with Crippen LogP contribution < -0.4 is 0 Å². The fourth-order valence-electron chi connectivity index (χ4n) is 1.21. The Kier molecular flexibility index (Phi) is 5.01. The molecule has 0 spiro atoms. The van der Waals surface area contributed by atoms with Crippen molar-refractivity contribution in [1.29, 1.82) is 0 Å². The van der Waals surface area contributed by atoms with Crippen LogP contribution >= 0.6 is 0 Å². The Labute approximate surface area is 89.3 Å². The quantitative estimate of drug-likeness (QED) is 0.696. The third-order valence-electron chi connectivity index (χ3n) is 2.01. The lowest BCUT2D eigenvalue weighted by atomic mass is 10.2. The standard InChI is InChI=1S/C12H15FO2/c1-14-12(15-2)8-4-6-10-5-3-7-11(13)9-10/h3-7,9,12H,8H2,1-2H3. The largest absolute Gasteiger partial charge is 0.356 e. The van der Waals surface area contributed by atoms with Gasteiger partial charge in [-0.15, -0.1) is 0 Å². The van der Waals surface area contributed by atoms with E-state index in [4.69, 9.17) is 9.47 Å². The first kappa shape index (κ1) is 11.9. The van der Waals surface area contributed by atoms with Crippen LogP contribution in [0.2, 0.25) is 0 Å². The van der Waals surface area contributed by atoms with Gasteiger partial charge in [0.1, 0.15) is 5.82 Å². The first-order valence-electron chi connectivity index (χ1n) is 4.74. The molecular weight excluding hydrogens is 195 g/mol. The van der Waals surface area contributed by atoms with E-state index in [0.717, 1.165) is 5.56 Å². The molecule has 0 radical (unpaired) electrons. The normalized spacial score (nSPS) is 11.5. The van der Waals surface area contributed by atoms with E-state index in [-0.39, 0.29) is 12.1 Å². The summed E-state index contributed by atoms with van der Waals surface area (Å²) in [6.45, 7) is 0. The van der Waals surface area contributed by atoms with Crippen LogP contribution in [-0.2, 0) is 9.47 Å². The molecule has 0 saturated heterocycles. The molecule has 0 aromatic heterocycles. The minimum atomic E-state index is -0.241. The zero-order valence-corrected chi connectivity index (χ0v) is 8.94. The van der Waals surface area contributed by atoms with Crippen molar-refractivity contribution in [2.24, 2.45) is 0 Å². The van der Waals surface area contributed by atoms with Gasteiger partial charge in [-0.2, -0.15) is 0 Å². The lowest BCUT2D eigenvalue weighted by Crippen LogP contribution is -2.10. The Hall–Kier alpha value is -1.19. The molecular formula is C12H15FO2. The van der Waals surface area contributed by atoms with Gasteiger partial charge in [-0.25, -0.2) is 4.39 Å². The minimum absolute atomic E-state index is 0.229. The molecule has 0 amide bonds. The van der Waals surface area contributed by atoms with Crippen molar-refractivity contribution >= 4 is 6.08 Å². The molecule has 3 heteroatoms. The molecule has 1 aromatic rings. The Morgan fingerprint density at radius 3 is 2.67 bits per heavy atom. The van der Waals surface area contributed by atoms with Crippen LogP contribution in [-0.4, -0.2) is 20.5 Å². The topological polar surface area (TPSA) is 18.5 Å². The first-order chi connectivity index (χ1) is 7.26. The van der Waals surface area contributed by atoms with Crippen LogP contribution in [0, 0.1) is 5.82 Å². The van der Waals surface area contributed by atoms with Gasteiger partial charge in [0.05, 0.1) is 0 Å². The van der Waals surface area contributed by atoms with Gasteiger partial charge in [0.15, 0.2) is 6.29 Å². The summed E-state index contributed by atoms with van der Waals surface area (Å²) in [7, 11) is 3.17. The molecule has 0 aliphatic heterocycles. The second-order valence-corrected chi connectivity index (χ2v) is 3.09. The monoisotopic (exact) mass is 210 g/mol. The van der Waals surface area contributed by atoms with Gasteiger partial charge in [0, 0.05) is 20.6 Å². The van der Waals surface area contributed by atoms with E-state index in [1.54, 1.807) is 20.3 Å². The van der Waals surface area contributed by atoms with Crippen molar-refractivity contribution in [1.82, 2.24) is 0 Å². The molecule has 0 unspecified atom stereocenters. The summed E-state index contributed by atoms with van der Waals surface area (Å²) in [4.78, 5) is 0. The zero-order chi connectivity index (χ0) is 11.1. The summed E-state index contributed by atoms with van der Waals surface area (Å²) in [6, 6.07) is 6.42. The van der Waals surface area contributed by atoms with Gasteiger partial charge in [0.2, 0.25) is 0 Å². The summed E-state index contributed by atoms with van der Waals surface area (Å²) < 4.78 is 22.8. The SMILES string of the molecule is COC(CC=Cc1cccc(F)c1)OC. The fraction of sp³-hybridized carbons (Fsp3) is 0.333. The van der Waals surface area contributed by atoms with E-state index >= 15 is 0 Å². The first-order valence-corrected chi connectivity index (χ1v) is 4.74. The molecule has 0 bridgehead atoms. The zero-order valence-electron chi connectivity index (χ0n) is 8.94. The number of hydrogen-bond acceptors (Lipinski definition) is 2. The number of ether oxygens (including phenoxy) is 2. The second-order valence-electron chi connectivity index (χ2n) is 3.09. The summed E-state index contributed by atoms with van der Waals surface area (Å²) in [5.41, 5.74) is 0.834. The lowest BCUT2D eigenvalue weighted by molar-refractivity contribution is -0.0985. The molecule has 1 rings (SSSR count). The predicted molar refractivity (Wildman–Crippen MR) is 57.9 cm³/mol. The van der Waals surface area contributed by atoms with E-state index < -0.39 is 0 Å². The summed E-state index contributed by atoms with van der Waals surface area (Å²) in [5, 5.41) is 0. The Morgan fingerprint density at radius 2 is 2.07 bits per heavy atom. The Bertz CT molecular complexity index is 319. The number of benzene rings is 1. The molecule has 15 heavy (non-hydrogen) atoms. The highest BCUT2D eigenvalue weighted by Gasteiger charge is 2.00. The van der Waals surface area contributed by atoms with Gasteiger partial charge >= 0.3 is 0 Å². The van der Waals surface area contributed by atoms with Crippen LogP contribution in [0.4, 0.5) is 4.39 Å². The minimum Gasteiger partial charge on any atom is -0.356 e. The third-order valence-corrected chi connectivity index (χ3v) is 2.01. The van der Waals surface area contributed by atoms with Crippen molar-refractivity contribution in [3.05, 3.63) is 41.7 Å². The Balaban J connectivity index is 2.50. The molecule has 0 aliphatic rings. The molecule has 0 saturated carbocycles. The number of rotatable bonds is 5. The van der Waals surface area contributed by atoms with E-state index in [2.05, 4.69) is 0 Å². The molecule has 0 aliphatic carbocycles. The van der Waals surface area contributed by atoms with Crippen molar-refractivity contribution in [2.75, 3.05) is 14.2 Å². The summed E-state index contributed by atoms with van der Waals surface area (Å²) in [6.07, 6.45) is 4.14. The fourth-order valence-corrected chi connectivity index (χ4v) is 1.21. The number of halogens is 1. The second kappa shape index (κ2) is 6.32. The summed E-state index contributed by atoms with van der Waals surface area (Å²) in [5.74, 6) is -0.229.